The van der Waals surface area contributed by atoms with Gasteiger partial charge in [-0.05, 0) is 47.7 Å². The molecule has 180 valence electrons. The van der Waals surface area contributed by atoms with E-state index in [-0.39, 0.29) is 29.3 Å². The first-order chi connectivity index (χ1) is 16.5. The molecular formula is C28H29F3O3. The highest BCUT2D eigenvalue weighted by atomic mass is 19.2. The van der Waals surface area contributed by atoms with Gasteiger partial charge in [0, 0.05) is 17.0 Å². The Kier molecular flexibility index (Phi) is 7.91. The van der Waals surface area contributed by atoms with Gasteiger partial charge in [0.15, 0.2) is 17.9 Å². The zero-order valence-electron chi connectivity index (χ0n) is 19.5. The predicted molar refractivity (Wildman–Crippen MR) is 126 cm³/mol. The van der Waals surface area contributed by atoms with Crippen LogP contribution in [0.25, 0.3) is 22.3 Å². The van der Waals surface area contributed by atoms with Crippen LogP contribution in [0.2, 0.25) is 0 Å². The molecule has 0 atom stereocenters. The SMILES string of the molecule is CCCOc1ccc(-c2ccc(-c3ccc(C4COC(CCC)OC4)cc3F)cc2)c(F)c1F. The van der Waals surface area contributed by atoms with E-state index in [1.165, 1.54) is 18.2 Å². The fraction of sp³-hybridized carbons (Fsp3) is 0.357. The molecule has 0 N–H and O–H groups in total. The fourth-order valence-electron chi connectivity index (χ4n) is 4.06. The molecule has 34 heavy (non-hydrogen) atoms. The van der Waals surface area contributed by atoms with Crippen molar-refractivity contribution in [3.8, 4) is 28.0 Å². The van der Waals surface area contributed by atoms with Crippen molar-refractivity contribution in [3.05, 3.63) is 77.6 Å². The highest BCUT2D eigenvalue weighted by Crippen LogP contribution is 2.33. The van der Waals surface area contributed by atoms with Crippen molar-refractivity contribution in [2.45, 2.75) is 45.3 Å². The number of benzene rings is 3. The minimum absolute atomic E-state index is 0.0128. The minimum Gasteiger partial charge on any atom is -0.490 e. The van der Waals surface area contributed by atoms with Crippen molar-refractivity contribution < 1.29 is 27.4 Å². The minimum atomic E-state index is -1.01. The van der Waals surface area contributed by atoms with Gasteiger partial charge >= 0.3 is 0 Å². The Morgan fingerprint density at radius 2 is 1.44 bits per heavy atom. The van der Waals surface area contributed by atoms with E-state index < -0.39 is 11.6 Å². The molecule has 6 heteroatoms. The maximum Gasteiger partial charge on any atom is 0.201 e. The Morgan fingerprint density at radius 3 is 2.06 bits per heavy atom. The summed E-state index contributed by atoms with van der Waals surface area (Å²) in [7, 11) is 0. The van der Waals surface area contributed by atoms with Crippen LogP contribution in [0.1, 0.15) is 44.6 Å². The van der Waals surface area contributed by atoms with E-state index in [1.807, 2.05) is 13.0 Å². The second-order valence-electron chi connectivity index (χ2n) is 8.49. The van der Waals surface area contributed by atoms with E-state index >= 15 is 0 Å². The fourth-order valence-corrected chi connectivity index (χ4v) is 4.06. The van der Waals surface area contributed by atoms with Crippen molar-refractivity contribution in [2.75, 3.05) is 19.8 Å². The summed E-state index contributed by atoms with van der Waals surface area (Å²) in [5.41, 5.74) is 2.54. The first-order valence-corrected chi connectivity index (χ1v) is 11.8. The van der Waals surface area contributed by atoms with Gasteiger partial charge in [-0.15, -0.1) is 0 Å². The molecule has 0 bridgehead atoms. The van der Waals surface area contributed by atoms with Gasteiger partial charge in [-0.25, -0.2) is 8.78 Å². The number of hydrogen-bond acceptors (Lipinski definition) is 3. The first-order valence-electron chi connectivity index (χ1n) is 11.8. The molecule has 0 amide bonds. The lowest BCUT2D eigenvalue weighted by atomic mass is 9.95. The zero-order valence-corrected chi connectivity index (χ0v) is 19.5. The van der Waals surface area contributed by atoms with Crippen LogP contribution in [-0.2, 0) is 9.47 Å². The number of halogens is 3. The van der Waals surface area contributed by atoms with Crippen molar-refractivity contribution in [3.63, 3.8) is 0 Å². The predicted octanol–water partition coefficient (Wildman–Crippen LogP) is 7.48. The van der Waals surface area contributed by atoms with Gasteiger partial charge in [0.2, 0.25) is 5.82 Å². The van der Waals surface area contributed by atoms with Gasteiger partial charge in [0.05, 0.1) is 19.8 Å². The van der Waals surface area contributed by atoms with E-state index in [2.05, 4.69) is 6.92 Å². The monoisotopic (exact) mass is 470 g/mol. The van der Waals surface area contributed by atoms with E-state index in [0.717, 1.165) is 18.4 Å². The molecule has 0 radical (unpaired) electrons. The standard InChI is InChI=1S/C28H29F3O3/c1-3-5-26-33-16-21(17-34-26)20-10-11-22(24(29)15-20)18-6-8-19(9-7-18)23-12-13-25(32-14-4-2)28(31)27(23)30/h6-13,15,21,26H,3-5,14,16-17H2,1-2H3. The van der Waals surface area contributed by atoms with Crippen LogP contribution in [0, 0.1) is 17.5 Å². The molecule has 1 aliphatic heterocycles. The van der Waals surface area contributed by atoms with E-state index in [9.17, 15) is 13.2 Å². The zero-order chi connectivity index (χ0) is 24.1. The smallest absolute Gasteiger partial charge is 0.201 e. The number of rotatable bonds is 8. The second-order valence-corrected chi connectivity index (χ2v) is 8.49. The number of ether oxygens (including phenoxy) is 3. The summed E-state index contributed by atoms with van der Waals surface area (Å²) in [6.07, 6.45) is 2.35. The van der Waals surface area contributed by atoms with Crippen LogP contribution < -0.4 is 4.74 Å². The van der Waals surface area contributed by atoms with E-state index in [4.69, 9.17) is 14.2 Å². The van der Waals surface area contributed by atoms with Crippen molar-refractivity contribution >= 4 is 0 Å². The van der Waals surface area contributed by atoms with E-state index in [0.29, 0.717) is 42.9 Å². The summed E-state index contributed by atoms with van der Waals surface area (Å²) in [6, 6.07) is 14.8. The second kappa shape index (κ2) is 11.1. The van der Waals surface area contributed by atoms with Gasteiger partial charge < -0.3 is 14.2 Å². The van der Waals surface area contributed by atoms with Crippen LogP contribution in [0.15, 0.2) is 54.6 Å². The first kappa shape index (κ1) is 24.3. The van der Waals surface area contributed by atoms with Gasteiger partial charge in [-0.2, -0.15) is 4.39 Å². The molecule has 0 saturated carbocycles. The molecule has 1 heterocycles. The van der Waals surface area contributed by atoms with Crippen LogP contribution in [-0.4, -0.2) is 26.1 Å². The van der Waals surface area contributed by atoms with Gasteiger partial charge in [-0.3, -0.25) is 0 Å². The van der Waals surface area contributed by atoms with Gasteiger partial charge in [-0.1, -0.05) is 56.7 Å². The van der Waals surface area contributed by atoms with Crippen LogP contribution in [0.4, 0.5) is 13.2 Å². The quantitative estimate of drug-likeness (QED) is 0.341. The lowest BCUT2D eigenvalue weighted by molar-refractivity contribution is -0.189. The van der Waals surface area contributed by atoms with Crippen molar-refractivity contribution in [1.29, 1.82) is 0 Å². The summed E-state index contributed by atoms with van der Waals surface area (Å²) in [5, 5.41) is 0. The average Bonchev–Trinajstić information content (AvgIpc) is 2.86. The highest BCUT2D eigenvalue weighted by molar-refractivity contribution is 5.71. The maximum absolute atomic E-state index is 15.0. The molecule has 3 nitrogen and oxygen atoms in total. The number of hydrogen-bond donors (Lipinski definition) is 0. The molecule has 0 aliphatic carbocycles. The molecule has 0 aromatic heterocycles. The normalized spacial score (nSPS) is 18.1. The molecule has 1 aliphatic rings. The molecule has 4 rings (SSSR count). The van der Waals surface area contributed by atoms with Crippen molar-refractivity contribution in [2.24, 2.45) is 0 Å². The summed E-state index contributed by atoms with van der Waals surface area (Å²) < 4.78 is 60.6. The Labute approximate surface area is 198 Å². The third kappa shape index (κ3) is 5.29. The lowest BCUT2D eigenvalue weighted by Gasteiger charge is -2.29. The van der Waals surface area contributed by atoms with Gasteiger partial charge in [0.1, 0.15) is 5.82 Å². The average molecular weight is 471 g/mol. The lowest BCUT2D eigenvalue weighted by Crippen LogP contribution is -2.30. The molecule has 1 saturated heterocycles. The summed E-state index contributed by atoms with van der Waals surface area (Å²) >= 11 is 0. The third-order valence-electron chi connectivity index (χ3n) is 5.97. The van der Waals surface area contributed by atoms with Crippen LogP contribution >= 0.6 is 0 Å². The topological polar surface area (TPSA) is 27.7 Å². The summed E-state index contributed by atoms with van der Waals surface area (Å²) in [5.74, 6) is -2.43. The third-order valence-corrected chi connectivity index (χ3v) is 5.97. The Balaban J connectivity index is 1.50. The molecule has 0 unspecified atom stereocenters. The maximum atomic E-state index is 15.0. The molecule has 1 fully saturated rings. The van der Waals surface area contributed by atoms with Crippen molar-refractivity contribution in [1.82, 2.24) is 0 Å². The summed E-state index contributed by atoms with van der Waals surface area (Å²) in [6.45, 7) is 5.29. The molecule has 3 aromatic carbocycles. The largest absolute Gasteiger partial charge is 0.490 e. The van der Waals surface area contributed by atoms with E-state index in [1.54, 1.807) is 30.3 Å². The van der Waals surface area contributed by atoms with Crippen LogP contribution in [0.3, 0.4) is 0 Å². The van der Waals surface area contributed by atoms with Crippen LogP contribution in [0.5, 0.6) is 5.75 Å². The molecular weight excluding hydrogens is 441 g/mol. The molecule has 0 spiro atoms. The van der Waals surface area contributed by atoms with Gasteiger partial charge in [0.25, 0.3) is 0 Å². The summed E-state index contributed by atoms with van der Waals surface area (Å²) in [4.78, 5) is 0. The Morgan fingerprint density at radius 1 is 0.794 bits per heavy atom. The highest BCUT2D eigenvalue weighted by Gasteiger charge is 2.24. The Bertz CT molecular complexity index is 1110. The Hall–Kier alpha value is -2.83. The molecule has 3 aromatic rings.